The Morgan fingerprint density at radius 2 is 1.38 bits per heavy atom. The third-order valence-corrected chi connectivity index (χ3v) is 9.21. The van der Waals surface area contributed by atoms with E-state index in [1.54, 1.807) is 24.3 Å². The van der Waals surface area contributed by atoms with E-state index in [1.165, 1.54) is 0 Å². The Morgan fingerprint density at radius 3 is 1.93 bits per heavy atom. The van der Waals surface area contributed by atoms with E-state index in [2.05, 4.69) is 50.0 Å². The number of hydrogen-bond acceptors (Lipinski definition) is 5. The number of halogens is 1. The number of nitrogens with one attached hydrogen (secondary N) is 1. The fourth-order valence-corrected chi connectivity index (χ4v) is 7.26. The van der Waals surface area contributed by atoms with Gasteiger partial charge >= 0.3 is 0 Å². The first-order valence-corrected chi connectivity index (χ1v) is 15.9. The van der Waals surface area contributed by atoms with Gasteiger partial charge in [-0.25, -0.2) is 0 Å². The summed E-state index contributed by atoms with van der Waals surface area (Å²) in [5, 5.41) is 3.12. The molecule has 7 heteroatoms. The Labute approximate surface area is 270 Å². The second-order valence-electron chi connectivity index (χ2n) is 14.0. The average molecular weight is 623 g/mol. The fraction of sp³-hybridized carbons (Fsp3) is 0.342. The Morgan fingerprint density at radius 1 is 0.822 bits per heavy atom. The second kappa shape index (κ2) is 12.0. The van der Waals surface area contributed by atoms with Gasteiger partial charge in [-0.1, -0.05) is 93.9 Å². The number of amides is 1. The molecule has 45 heavy (non-hydrogen) atoms. The van der Waals surface area contributed by atoms with E-state index in [0.717, 1.165) is 35.4 Å². The molecule has 3 aromatic rings. The van der Waals surface area contributed by atoms with Gasteiger partial charge in [-0.2, -0.15) is 0 Å². The maximum Gasteiger partial charge on any atom is 0.262 e. The molecule has 2 aliphatic carbocycles. The Hall–Kier alpha value is -4.16. The quantitative estimate of drug-likeness (QED) is 0.287. The van der Waals surface area contributed by atoms with Crippen molar-refractivity contribution in [1.82, 2.24) is 4.90 Å². The summed E-state index contributed by atoms with van der Waals surface area (Å²) in [4.78, 5) is 43.0. The van der Waals surface area contributed by atoms with E-state index < -0.39 is 5.92 Å². The predicted octanol–water partition coefficient (Wildman–Crippen LogP) is 8.24. The predicted molar refractivity (Wildman–Crippen MR) is 177 cm³/mol. The number of para-hydroxylation sites is 1. The number of carbonyl (C=O) groups excluding carboxylic acids is 3. The van der Waals surface area contributed by atoms with Crippen molar-refractivity contribution in [2.75, 3.05) is 11.9 Å². The van der Waals surface area contributed by atoms with Gasteiger partial charge in [0.1, 0.15) is 5.75 Å². The molecule has 1 heterocycles. The van der Waals surface area contributed by atoms with Crippen molar-refractivity contribution >= 4 is 34.8 Å². The molecule has 0 saturated carbocycles. The van der Waals surface area contributed by atoms with Crippen LogP contribution in [-0.4, -0.2) is 29.0 Å². The minimum atomic E-state index is -0.512. The minimum absolute atomic E-state index is 0.0718. The van der Waals surface area contributed by atoms with Crippen molar-refractivity contribution in [3.05, 3.63) is 118 Å². The first-order chi connectivity index (χ1) is 21.4. The Balaban J connectivity index is 1.39. The van der Waals surface area contributed by atoms with E-state index >= 15 is 0 Å². The molecule has 1 N–H and O–H groups in total. The summed E-state index contributed by atoms with van der Waals surface area (Å²) in [6, 6.07) is 24.8. The molecule has 0 radical (unpaired) electrons. The number of rotatable bonds is 7. The van der Waals surface area contributed by atoms with Crippen molar-refractivity contribution in [1.29, 1.82) is 0 Å². The number of carbonyl (C=O) groups is 3. The lowest BCUT2D eigenvalue weighted by atomic mass is 9.63. The first-order valence-electron chi connectivity index (χ1n) is 15.5. The zero-order valence-electron chi connectivity index (χ0n) is 26.3. The van der Waals surface area contributed by atoms with Gasteiger partial charge in [-0.3, -0.25) is 14.4 Å². The number of anilines is 1. The van der Waals surface area contributed by atoms with E-state index in [4.69, 9.17) is 16.3 Å². The fourth-order valence-electron chi connectivity index (χ4n) is 7.01. The molecular weight excluding hydrogens is 584 g/mol. The van der Waals surface area contributed by atoms with Crippen LogP contribution < -0.4 is 10.1 Å². The van der Waals surface area contributed by atoms with Crippen molar-refractivity contribution in [3.63, 3.8) is 0 Å². The molecule has 6 nitrogen and oxygen atoms in total. The van der Waals surface area contributed by atoms with Gasteiger partial charge < -0.3 is 15.0 Å². The van der Waals surface area contributed by atoms with Crippen LogP contribution in [0.4, 0.5) is 5.69 Å². The smallest absolute Gasteiger partial charge is 0.262 e. The first kappa shape index (κ1) is 30.8. The summed E-state index contributed by atoms with van der Waals surface area (Å²) in [5.41, 5.74) is 5.57. The van der Waals surface area contributed by atoms with Crippen LogP contribution in [0, 0.1) is 10.8 Å². The molecule has 3 aromatic carbocycles. The number of nitrogens with zero attached hydrogens (tertiary/aromatic N) is 1. The van der Waals surface area contributed by atoms with Gasteiger partial charge in [-0.15, -0.1) is 0 Å². The molecule has 0 unspecified atom stereocenters. The zero-order valence-corrected chi connectivity index (χ0v) is 27.0. The minimum Gasteiger partial charge on any atom is -0.482 e. The van der Waals surface area contributed by atoms with E-state index in [0.29, 0.717) is 47.0 Å². The number of Topliss-reactive ketones (excluding diaryl/α,β-unsaturated/α-hetero) is 2. The summed E-state index contributed by atoms with van der Waals surface area (Å²) in [6.45, 7) is 8.94. The molecule has 0 atom stereocenters. The third kappa shape index (κ3) is 6.48. The lowest BCUT2D eigenvalue weighted by Crippen LogP contribution is -2.44. The number of hydrogen-bond donors (Lipinski definition) is 1. The molecule has 0 saturated heterocycles. The molecule has 6 rings (SSSR count). The zero-order chi connectivity index (χ0) is 31.9. The normalized spacial score (nSPS) is 19.3. The highest BCUT2D eigenvalue weighted by Gasteiger charge is 2.49. The summed E-state index contributed by atoms with van der Waals surface area (Å²) in [7, 11) is 0. The molecule has 232 valence electrons. The molecule has 0 spiro atoms. The van der Waals surface area contributed by atoms with Gasteiger partial charge in [0.2, 0.25) is 0 Å². The highest BCUT2D eigenvalue weighted by Crippen LogP contribution is 2.55. The van der Waals surface area contributed by atoms with Gasteiger partial charge in [0, 0.05) is 53.5 Å². The van der Waals surface area contributed by atoms with E-state index in [-0.39, 0.29) is 34.9 Å². The van der Waals surface area contributed by atoms with Crippen molar-refractivity contribution in [2.24, 2.45) is 10.8 Å². The van der Waals surface area contributed by atoms with Crippen LogP contribution >= 0.6 is 11.6 Å². The SMILES string of the molecule is CC1(C)CC(=O)C2=C(C1)N(Cc1ccccc1)C1=C(C(=O)CC(C)(C)C1)C2c1ccc(OCC(=O)Nc2ccccc2)c(Cl)c1. The lowest BCUT2D eigenvalue weighted by molar-refractivity contribution is -0.120. The molecular formula is C38H39ClN2O4. The highest BCUT2D eigenvalue weighted by atomic mass is 35.5. The number of ketones is 2. The lowest BCUT2D eigenvalue weighted by Gasteiger charge is -2.49. The van der Waals surface area contributed by atoms with Gasteiger partial charge in [0.25, 0.3) is 5.91 Å². The average Bonchev–Trinajstić information content (AvgIpc) is 2.97. The topological polar surface area (TPSA) is 75.7 Å². The summed E-state index contributed by atoms with van der Waals surface area (Å²) in [6.07, 6.45) is 2.28. The van der Waals surface area contributed by atoms with Crippen molar-refractivity contribution < 1.29 is 19.1 Å². The number of ether oxygens (including phenoxy) is 1. The molecule has 1 amide bonds. The third-order valence-electron chi connectivity index (χ3n) is 8.91. The van der Waals surface area contributed by atoms with Crippen LogP contribution in [0.15, 0.2) is 101 Å². The monoisotopic (exact) mass is 622 g/mol. The van der Waals surface area contributed by atoms with Crippen LogP contribution in [0.3, 0.4) is 0 Å². The number of benzene rings is 3. The van der Waals surface area contributed by atoms with Crippen molar-refractivity contribution in [2.45, 2.75) is 65.8 Å². The van der Waals surface area contributed by atoms with Crippen LogP contribution in [0.1, 0.15) is 70.4 Å². The largest absolute Gasteiger partial charge is 0.482 e. The van der Waals surface area contributed by atoms with Crippen LogP contribution in [0.2, 0.25) is 5.02 Å². The van der Waals surface area contributed by atoms with Crippen molar-refractivity contribution in [3.8, 4) is 5.75 Å². The Kier molecular flexibility index (Phi) is 8.21. The molecule has 3 aliphatic rings. The van der Waals surface area contributed by atoms with Crippen LogP contribution in [0.5, 0.6) is 5.75 Å². The summed E-state index contributed by atoms with van der Waals surface area (Å²) in [5.74, 6) is -0.310. The molecule has 0 bridgehead atoms. The van der Waals surface area contributed by atoms with Gasteiger partial charge in [-0.05, 0) is 59.1 Å². The standard InChI is InChI=1S/C38H39ClN2O4/c1-37(2)18-28-35(30(42)20-37)34(25-15-16-32(27(39)17-25)45-23-33(44)40-26-13-9-6-10-14-26)36-29(19-38(3,4)21-31(36)43)41(28)22-24-11-7-5-8-12-24/h5-17,34H,18-23H2,1-4H3,(H,40,44). The summed E-state index contributed by atoms with van der Waals surface area (Å²) < 4.78 is 5.80. The maximum atomic E-state index is 14.1. The second-order valence-corrected chi connectivity index (χ2v) is 14.4. The molecule has 1 aliphatic heterocycles. The van der Waals surface area contributed by atoms with Crippen LogP contribution in [0.25, 0.3) is 0 Å². The highest BCUT2D eigenvalue weighted by molar-refractivity contribution is 6.32. The number of allylic oxidation sites excluding steroid dienone is 4. The van der Waals surface area contributed by atoms with Crippen LogP contribution in [-0.2, 0) is 20.9 Å². The van der Waals surface area contributed by atoms with E-state index in [9.17, 15) is 14.4 Å². The van der Waals surface area contributed by atoms with E-state index in [1.807, 2.05) is 42.5 Å². The van der Waals surface area contributed by atoms with Gasteiger partial charge in [0.15, 0.2) is 18.2 Å². The molecule has 0 fully saturated rings. The molecule has 0 aromatic heterocycles. The van der Waals surface area contributed by atoms with Gasteiger partial charge in [0.05, 0.1) is 5.02 Å². The maximum absolute atomic E-state index is 14.1. The Bertz CT molecular complexity index is 1670. The summed E-state index contributed by atoms with van der Waals surface area (Å²) >= 11 is 6.77.